The van der Waals surface area contributed by atoms with E-state index in [4.69, 9.17) is 9.47 Å². The van der Waals surface area contributed by atoms with Crippen molar-refractivity contribution in [2.24, 2.45) is 5.41 Å². The summed E-state index contributed by atoms with van der Waals surface area (Å²) >= 11 is 0. The van der Waals surface area contributed by atoms with Gasteiger partial charge in [0, 0.05) is 17.4 Å². The Morgan fingerprint density at radius 3 is 2.21 bits per heavy atom. The molecule has 0 bridgehead atoms. The van der Waals surface area contributed by atoms with Crippen LogP contribution in [-0.4, -0.2) is 32.4 Å². The van der Waals surface area contributed by atoms with Crippen LogP contribution in [0.5, 0.6) is 0 Å². The summed E-state index contributed by atoms with van der Waals surface area (Å²) in [5.74, 6) is -1.22. The molecule has 0 saturated heterocycles. The number of benzene rings is 1. The molecule has 5 nitrogen and oxygen atoms in total. The highest BCUT2D eigenvalue weighted by molar-refractivity contribution is 6.04. The molecule has 0 heterocycles. The lowest BCUT2D eigenvalue weighted by atomic mass is 9.63. The summed E-state index contributed by atoms with van der Waals surface area (Å²) in [6.45, 7) is 2.14. The average Bonchev–Trinajstić information content (AvgIpc) is 3.27. The number of esters is 2. The minimum Gasteiger partial charge on any atom is -0.468 e. The van der Waals surface area contributed by atoms with Gasteiger partial charge in [-0.25, -0.2) is 0 Å². The van der Waals surface area contributed by atoms with Crippen LogP contribution in [0, 0.1) is 5.41 Å². The molecule has 33 heavy (non-hydrogen) atoms. The van der Waals surface area contributed by atoms with Gasteiger partial charge >= 0.3 is 11.9 Å². The molecule has 0 aliphatic heterocycles. The minimum absolute atomic E-state index is 0.179. The smallest absolute Gasteiger partial charge is 0.327 e. The van der Waals surface area contributed by atoms with Crippen molar-refractivity contribution in [1.29, 1.82) is 0 Å². The SMILES string of the molecule is CCCCC=C=C1CC(C(=O)OC)(C(=O)OC)C=C1C1(c2ccc(C=O)cc2)CCCCC1. The predicted molar refractivity (Wildman–Crippen MR) is 127 cm³/mol. The van der Waals surface area contributed by atoms with Gasteiger partial charge in [0.05, 0.1) is 14.2 Å². The van der Waals surface area contributed by atoms with E-state index in [0.717, 1.165) is 74.4 Å². The minimum atomic E-state index is -1.51. The third-order valence-corrected chi connectivity index (χ3v) is 7.07. The average molecular weight is 451 g/mol. The summed E-state index contributed by atoms with van der Waals surface area (Å²) in [5, 5.41) is 0. The van der Waals surface area contributed by atoms with Crippen LogP contribution in [0.3, 0.4) is 0 Å². The van der Waals surface area contributed by atoms with E-state index < -0.39 is 17.4 Å². The number of allylic oxidation sites excluding steroid dienone is 2. The van der Waals surface area contributed by atoms with E-state index in [-0.39, 0.29) is 11.8 Å². The van der Waals surface area contributed by atoms with Gasteiger partial charge in [0.25, 0.3) is 0 Å². The van der Waals surface area contributed by atoms with Gasteiger partial charge in [-0.15, -0.1) is 5.73 Å². The molecule has 2 aliphatic rings. The van der Waals surface area contributed by atoms with Crippen LogP contribution in [0.1, 0.15) is 80.6 Å². The molecule has 0 atom stereocenters. The van der Waals surface area contributed by atoms with Gasteiger partial charge in [-0.2, -0.15) is 0 Å². The maximum Gasteiger partial charge on any atom is 0.327 e. The van der Waals surface area contributed by atoms with Crippen LogP contribution in [0.4, 0.5) is 0 Å². The van der Waals surface area contributed by atoms with Crippen LogP contribution in [-0.2, 0) is 24.5 Å². The van der Waals surface area contributed by atoms with Crippen LogP contribution in [0.15, 0.2) is 53.3 Å². The van der Waals surface area contributed by atoms with Crippen molar-refractivity contribution in [3.05, 3.63) is 64.4 Å². The first-order valence-corrected chi connectivity index (χ1v) is 11.9. The molecule has 0 unspecified atom stereocenters. The summed E-state index contributed by atoms with van der Waals surface area (Å²) in [6, 6.07) is 7.68. The lowest BCUT2D eigenvalue weighted by Crippen LogP contribution is -2.38. The fourth-order valence-corrected chi connectivity index (χ4v) is 5.28. The molecule has 0 amide bonds. The summed E-state index contributed by atoms with van der Waals surface area (Å²) in [4.78, 5) is 37.1. The van der Waals surface area contributed by atoms with E-state index in [2.05, 4.69) is 12.7 Å². The zero-order valence-corrected chi connectivity index (χ0v) is 19.9. The van der Waals surface area contributed by atoms with Gasteiger partial charge in [0.1, 0.15) is 6.29 Å². The second kappa shape index (κ2) is 10.8. The first-order chi connectivity index (χ1) is 16.0. The molecule has 0 N–H and O–H groups in total. The van der Waals surface area contributed by atoms with Crippen molar-refractivity contribution >= 4 is 18.2 Å². The third-order valence-electron chi connectivity index (χ3n) is 7.07. The molecule has 5 heteroatoms. The second-order valence-corrected chi connectivity index (χ2v) is 9.04. The standard InChI is InChI=1S/C28H34O5/c1-4-5-6-8-11-22-18-28(25(30)32-2,26(31)33-3)19-24(22)27(16-9-7-10-17-27)23-14-12-21(20-29)13-15-23/h8,12-15,19-20H,4-7,9-10,16-18H2,1-3H3. The van der Waals surface area contributed by atoms with Crippen molar-refractivity contribution in [3.8, 4) is 0 Å². The number of unbranched alkanes of at least 4 members (excludes halogenated alkanes) is 2. The molecule has 1 saturated carbocycles. The fraction of sp³-hybridized carbons (Fsp3) is 0.500. The van der Waals surface area contributed by atoms with Crippen LogP contribution >= 0.6 is 0 Å². The zero-order chi connectivity index (χ0) is 23.9. The van der Waals surface area contributed by atoms with E-state index in [0.29, 0.717) is 5.56 Å². The van der Waals surface area contributed by atoms with E-state index >= 15 is 0 Å². The highest BCUT2D eigenvalue weighted by Gasteiger charge is 2.55. The Morgan fingerprint density at radius 2 is 1.67 bits per heavy atom. The number of aldehydes is 1. The molecule has 1 aromatic rings. The van der Waals surface area contributed by atoms with E-state index in [1.165, 1.54) is 14.2 Å². The first kappa shape index (κ1) is 24.7. The monoisotopic (exact) mass is 450 g/mol. The fourth-order valence-electron chi connectivity index (χ4n) is 5.28. The molecule has 0 spiro atoms. The van der Waals surface area contributed by atoms with Crippen molar-refractivity contribution in [1.82, 2.24) is 0 Å². The van der Waals surface area contributed by atoms with Gasteiger partial charge in [-0.3, -0.25) is 14.4 Å². The maximum atomic E-state index is 13.0. The second-order valence-electron chi connectivity index (χ2n) is 9.04. The molecule has 0 aromatic heterocycles. The number of carbonyl (C=O) groups excluding carboxylic acids is 3. The Kier molecular flexibility index (Phi) is 8.10. The number of hydrogen-bond donors (Lipinski definition) is 0. The molecule has 176 valence electrons. The summed E-state index contributed by atoms with van der Waals surface area (Å²) < 4.78 is 10.2. The lowest BCUT2D eigenvalue weighted by Gasteiger charge is -2.40. The normalized spacial score (nSPS) is 18.6. The Morgan fingerprint density at radius 1 is 1.03 bits per heavy atom. The van der Waals surface area contributed by atoms with Gasteiger partial charge in [0.2, 0.25) is 0 Å². The van der Waals surface area contributed by atoms with Gasteiger partial charge in [-0.05, 0) is 48.5 Å². The van der Waals surface area contributed by atoms with E-state index in [9.17, 15) is 14.4 Å². The number of methoxy groups -OCH3 is 2. The third kappa shape index (κ3) is 4.74. The molecular weight excluding hydrogens is 416 g/mol. The molecule has 0 radical (unpaired) electrons. The summed E-state index contributed by atoms with van der Waals surface area (Å²) in [5.41, 5.74) is 5.13. The topological polar surface area (TPSA) is 69.7 Å². The number of rotatable bonds is 8. The molecular formula is C28H34O5. The van der Waals surface area contributed by atoms with Gasteiger partial charge < -0.3 is 9.47 Å². The molecule has 3 rings (SSSR count). The van der Waals surface area contributed by atoms with Crippen LogP contribution < -0.4 is 0 Å². The summed E-state index contributed by atoms with van der Waals surface area (Å²) in [7, 11) is 2.60. The van der Waals surface area contributed by atoms with E-state index in [1.54, 1.807) is 6.08 Å². The zero-order valence-electron chi connectivity index (χ0n) is 19.9. The van der Waals surface area contributed by atoms with Crippen molar-refractivity contribution < 1.29 is 23.9 Å². The Balaban J connectivity index is 2.23. The van der Waals surface area contributed by atoms with Crippen molar-refractivity contribution in [3.63, 3.8) is 0 Å². The number of ether oxygens (including phenoxy) is 2. The highest BCUT2D eigenvalue weighted by atomic mass is 16.5. The Bertz CT molecular complexity index is 954. The van der Waals surface area contributed by atoms with Crippen LogP contribution in [0.25, 0.3) is 0 Å². The number of hydrogen-bond acceptors (Lipinski definition) is 5. The molecule has 1 aromatic carbocycles. The maximum absolute atomic E-state index is 13.0. The summed E-state index contributed by atoms with van der Waals surface area (Å²) in [6.07, 6.45) is 12.9. The van der Waals surface area contributed by atoms with Gasteiger partial charge in [-0.1, -0.05) is 62.9 Å². The largest absolute Gasteiger partial charge is 0.468 e. The van der Waals surface area contributed by atoms with Crippen molar-refractivity contribution in [2.75, 3.05) is 14.2 Å². The van der Waals surface area contributed by atoms with E-state index in [1.807, 2.05) is 30.3 Å². The number of carbonyl (C=O) groups is 3. The van der Waals surface area contributed by atoms with Crippen molar-refractivity contribution in [2.45, 2.75) is 70.1 Å². The van der Waals surface area contributed by atoms with Crippen LogP contribution in [0.2, 0.25) is 0 Å². The van der Waals surface area contributed by atoms with Gasteiger partial charge in [0.15, 0.2) is 5.41 Å². The Labute approximate surface area is 196 Å². The highest BCUT2D eigenvalue weighted by Crippen LogP contribution is 2.54. The first-order valence-electron chi connectivity index (χ1n) is 11.9. The predicted octanol–water partition coefficient (Wildman–Crippen LogP) is 5.64. The lowest BCUT2D eigenvalue weighted by molar-refractivity contribution is -0.164. The molecule has 2 aliphatic carbocycles. The molecule has 1 fully saturated rings. The quantitative estimate of drug-likeness (QED) is 0.169. The Hall–Kier alpha value is -2.91.